The molecule has 0 aliphatic carbocycles. The van der Waals surface area contributed by atoms with Gasteiger partial charge in [-0.1, -0.05) is 6.07 Å². The van der Waals surface area contributed by atoms with Crippen LogP contribution in [0.5, 0.6) is 0 Å². The second-order valence-electron chi connectivity index (χ2n) is 7.13. The predicted molar refractivity (Wildman–Crippen MR) is 104 cm³/mol. The number of carbonyl (C=O) groups excluding carboxylic acids is 1. The third-order valence-corrected chi connectivity index (χ3v) is 6.68. The van der Waals surface area contributed by atoms with Gasteiger partial charge >= 0.3 is 0 Å². The maximum Gasteiger partial charge on any atom is 0.273 e. The van der Waals surface area contributed by atoms with E-state index in [1.54, 1.807) is 6.92 Å². The minimum atomic E-state index is -3.92. The van der Waals surface area contributed by atoms with Crippen LogP contribution in [0.2, 0.25) is 0 Å². The van der Waals surface area contributed by atoms with Crippen LogP contribution in [0.4, 0.5) is 5.69 Å². The lowest BCUT2D eigenvalue weighted by molar-refractivity contribution is -0.0909. The van der Waals surface area contributed by atoms with Gasteiger partial charge in [0.1, 0.15) is 16.8 Å². The summed E-state index contributed by atoms with van der Waals surface area (Å²) >= 11 is 0. The molecule has 9 nitrogen and oxygen atoms in total. The number of carbonyl (C=O) groups is 1. The lowest BCUT2D eigenvalue weighted by Gasteiger charge is -2.23. The highest BCUT2D eigenvalue weighted by molar-refractivity contribution is 7.90. The number of hydrogen-bond donors (Lipinski definition) is 3. The zero-order chi connectivity index (χ0) is 20.6. The standard InChI is InChI=1S/C19H23N3O6S/c1-12-8-16-19(24)21-15-9-13(2-3-17(15)29(25,26)22(16)10-12)18(23)20-5-4-14-11-27-6-7-28-14/h2-3,8-10,14,18,20,23H,4-7,11H2,1H3,(H,21,24)/t14-,18?/m0/s1. The fourth-order valence-corrected chi connectivity index (χ4v) is 5.01. The number of aliphatic hydroxyl groups excluding tert-OH is 1. The third kappa shape index (κ3) is 3.94. The molecule has 1 saturated heterocycles. The highest BCUT2D eigenvalue weighted by Gasteiger charge is 2.31. The van der Waals surface area contributed by atoms with Crippen molar-refractivity contribution >= 4 is 21.6 Å². The summed E-state index contributed by atoms with van der Waals surface area (Å²) in [4.78, 5) is 12.5. The maximum atomic E-state index is 13.0. The Morgan fingerprint density at radius 2 is 2.17 bits per heavy atom. The van der Waals surface area contributed by atoms with Gasteiger partial charge in [0.15, 0.2) is 0 Å². The van der Waals surface area contributed by atoms with E-state index in [0.29, 0.717) is 43.9 Å². The second kappa shape index (κ2) is 7.88. The Morgan fingerprint density at radius 3 is 2.93 bits per heavy atom. The molecule has 0 spiro atoms. The Labute approximate surface area is 168 Å². The molecule has 29 heavy (non-hydrogen) atoms. The number of benzene rings is 1. The van der Waals surface area contributed by atoms with Gasteiger partial charge in [0.25, 0.3) is 15.9 Å². The van der Waals surface area contributed by atoms with E-state index in [2.05, 4.69) is 10.6 Å². The van der Waals surface area contributed by atoms with E-state index < -0.39 is 22.2 Å². The van der Waals surface area contributed by atoms with Gasteiger partial charge in [-0.25, -0.2) is 12.4 Å². The SMILES string of the molecule is Cc1cc2n(c1)S(=O)(=O)c1ccc(C(O)NCC[C@H]3COCCO3)cc1NC2=O. The number of nitrogens with zero attached hydrogens (tertiary/aromatic N) is 1. The van der Waals surface area contributed by atoms with Gasteiger partial charge in [-0.15, -0.1) is 0 Å². The van der Waals surface area contributed by atoms with Crippen LogP contribution >= 0.6 is 0 Å². The molecule has 1 aromatic heterocycles. The monoisotopic (exact) mass is 421 g/mol. The van der Waals surface area contributed by atoms with Crippen LogP contribution in [0.25, 0.3) is 0 Å². The number of amides is 1. The highest BCUT2D eigenvalue weighted by Crippen LogP contribution is 2.31. The topological polar surface area (TPSA) is 119 Å². The van der Waals surface area contributed by atoms with Gasteiger partial charge < -0.3 is 19.9 Å². The first-order valence-electron chi connectivity index (χ1n) is 9.37. The Balaban J connectivity index is 1.52. The molecule has 1 fully saturated rings. The van der Waals surface area contributed by atoms with Gasteiger partial charge in [0.2, 0.25) is 0 Å². The van der Waals surface area contributed by atoms with Gasteiger partial charge in [0, 0.05) is 12.7 Å². The zero-order valence-electron chi connectivity index (χ0n) is 15.9. The van der Waals surface area contributed by atoms with Crippen molar-refractivity contribution < 1.29 is 27.8 Å². The van der Waals surface area contributed by atoms with Crippen LogP contribution in [-0.4, -0.2) is 55.9 Å². The average molecular weight is 421 g/mol. The molecule has 1 amide bonds. The van der Waals surface area contributed by atoms with Crippen LogP contribution in [0.15, 0.2) is 35.4 Å². The van der Waals surface area contributed by atoms with Crippen LogP contribution in [0, 0.1) is 6.92 Å². The van der Waals surface area contributed by atoms with E-state index >= 15 is 0 Å². The normalized spacial score (nSPS) is 21.6. The number of anilines is 1. The first-order chi connectivity index (χ1) is 13.9. The number of hydrogen-bond acceptors (Lipinski definition) is 7. The van der Waals surface area contributed by atoms with E-state index in [4.69, 9.17) is 9.47 Å². The van der Waals surface area contributed by atoms with E-state index in [9.17, 15) is 18.3 Å². The molecule has 3 heterocycles. The Kier molecular flexibility index (Phi) is 5.45. The van der Waals surface area contributed by atoms with Gasteiger partial charge in [0.05, 0.1) is 31.6 Å². The molecule has 1 aromatic carbocycles. The fourth-order valence-electron chi connectivity index (χ4n) is 3.47. The quantitative estimate of drug-likeness (QED) is 0.616. The molecular formula is C19H23N3O6S. The summed E-state index contributed by atoms with van der Waals surface area (Å²) in [6, 6.07) is 5.92. The van der Waals surface area contributed by atoms with E-state index in [1.165, 1.54) is 30.5 Å². The van der Waals surface area contributed by atoms with Crippen molar-refractivity contribution in [2.45, 2.75) is 30.6 Å². The number of ether oxygens (including phenoxy) is 2. The lowest BCUT2D eigenvalue weighted by Crippen LogP contribution is -2.32. The molecule has 0 radical (unpaired) electrons. The molecule has 10 heteroatoms. The Hall–Kier alpha value is -2.24. The Morgan fingerprint density at radius 1 is 1.34 bits per heavy atom. The van der Waals surface area contributed by atoms with Gasteiger partial charge in [-0.2, -0.15) is 0 Å². The summed E-state index contributed by atoms with van der Waals surface area (Å²) in [5, 5.41) is 16.0. The number of nitrogens with one attached hydrogen (secondary N) is 2. The van der Waals surface area contributed by atoms with E-state index in [1.807, 2.05) is 0 Å². The van der Waals surface area contributed by atoms with Crippen molar-refractivity contribution in [2.75, 3.05) is 31.7 Å². The van der Waals surface area contributed by atoms with Crippen LogP contribution in [0.1, 0.15) is 34.3 Å². The van der Waals surface area contributed by atoms with Gasteiger partial charge in [-0.05, 0) is 42.7 Å². The number of fused-ring (bicyclic) bond motifs is 2. The predicted octanol–water partition coefficient (Wildman–Crippen LogP) is 0.985. The molecule has 1 unspecified atom stereocenters. The van der Waals surface area contributed by atoms with Crippen molar-refractivity contribution in [3.63, 3.8) is 0 Å². The maximum absolute atomic E-state index is 13.0. The number of aryl methyl sites for hydroxylation is 1. The van der Waals surface area contributed by atoms with Crippen LogP contribution < -0.4 is 10.6 Å². The molecule has 156 valence electrons. The van der Waals surface area contributed by atoms with Crippen LogP contribution in [0.3, 0.4) is 0 Å². The molecule has 3 N–H and O–H groups in total. The van der Waals surface area contributed by atoms with Crippen molar-refractivity contribution in [2.24, 2.45) is 0 Å². The largest absolute Gasteiger partial charge is 0.376 e. The summed E-state index contributed by atoms with van der Waals surface area (Å²) < 4.78 is 37.8. The molecular weight excluding hydrogens is 398 g/mol. The second-order valence-corrected chi connectivity index (χ2v) is 8.91. The van der Waals surface area contributed by atoms with Crippen molar-refractivity contribution in [3.8, 4) is 0 Å². The summed E-state index contributed by atoms with van der Waals surface area (Å²) in [6.07, 6.45) is 1.05. The molecule has 0 saturated carbocycles. The number of rotatable bonds is 5. The van der Waals surface area contributed by atoms with Gasteiger partial charge in [-0.3, -0.25) is 10.1 Å². The minimum Gasteiger partial charge on any atom is -0.376 e. The molecule has 4 rings (SSSR count). The molecule has 2 aliphatic heterocycles. The summed E-state index contributed by atoms with van der Waals surface area (Å²) in [5.41, 5.74) is 1.31. The molecule has 2 aromatic rings. The fraction of sp³-hybridized carbons (Fsp3) is 0.421. The van der Waals surface area contributed by atoms with Crippen LogP contribution in [-0.2, 0) is 19.5 Å². The highest BCUT2D eigenvalue weighted by atomic mass is 32.2. The molecule has 0 bridgehead atoms. The number of aromatic nitrogens is 1. The summed E-state index contributed by atoms with van der Waals surface area (Å²) in [7, 11) is -3.92. The Bertz CT molecular complexity index is 1030. The lowest BCUT2D eigenvalue weighted by atomic mass is 10.1. The van der Waals surface area contributed by atoms with Crippen molar-refractivity contribution in [1.29, 1.82) is 0 Å². The smallest absolute Gasteiger partial charge is 0.273 e. The number of aliphatic hydroxyl groups is 1. The minimum absolute atomic E-state index is 0.0156. The molecule has 2 aliphatic rings. The first kappa shape index (κ1) is 20.0. The molecule has 2 atom stereocenters. The average Bonchev–Trinajstić information content (AvgIpc) is 3.08. The summed E-state index contributed by atoms with van der Waals surface area (Å²) in [6.45, 7) is 3.90. The summed E-state index contributed by atoms with van der Waals surface area (Å²) in [5.74, 6) is -0.519. The van der Waals surface area contributed by atoms with Crippen molar-refractivity contribution in [3.05, 3.63) is 47.3 Å². The van der Waals surface area contributed by atoms with Crippen molar-refractivity contribution in [1.82, 2.24) is 9.29 Å². The first-order valence-corrected chi connectivity index (χ1v) is 10.8. The third-order valence-electron chi connectivity index (χ3n) is 4.95. The van der Waals surface area contributed by atoms with E-state index in [0.717, 1.165) is 3.97 Å². The van der Waals surface area contributed by atoms with E-state index in [-0.39, 0.29) is 22.4 Å². The zero-order valence-corrected chi connectivity index (χ0v) is 16.7.